The van der Waals surface area contributed by atoms with E-state index in [-0.39, 0.29) is 47.0 Å². The fraction of sp³-hybridized carbons (Fsp3) is 0. The van der Waals surface area contributed by atoms with E-state index in [1.54, 1.807) is 0 Å². The van der Waals surface area contributed by atoms with Crippen LogP contribution in [-0.2, 0) is 26.0 Å². The summed E-state index contributed by atoms with van der Waals surface area (Å²) in [5, 5.41) is 0. The molecule has 6 heavy (non-hydrogen) atoms. The molecule has 0 bridgehead atoms. The first kappa shape index (κ1) is 10.3. The maximum absolute atomic E-state index is 7.58. The van der Waals surface area contributed by atoms with Crippen LogP contribution in [0.3, 0.4) is 0 Å². The van der Waals surface area contributed by atoms with E-state index in [0.717, 1.165) is 0 Å². The molecule has 0 aliphatic carbocycles. The molecule has 0 aromatic heterocycles. The van der Waals surface area contributed by atoms with Crippen molar-refractivity contribution >= 4 is 24.6 Å². The van der Waals surface area contributed by atoms with Crippen LogP contribution in [0.25, 0.3) is 0 Å². The van der Waals surface area contributed by atoms with Crippen LogP contribution in [0.4, 0.5) is 0 Å². The number of hydrogen-bond donors (Lipinski definition) is 2. The summed E-state index contributed by atoms with van der Waals surface area (Å²) in [6, 6.07) is 0. The van der Waals surface area contributed by atoms with Gasteiger partial charge in [-0.1, -0.05) is 0 Å². The summed E-state index contributed by atoms with van der Waals surface area (Å²) >= 11 is 0.229. The number of hydrogen-bond acceptors (Lipinski definition) is 5. The molecule has 0 aromatic rings. The summed E-state index contributed by atoms with van der Waals surface area (Å²) in [5.74, 6) is 0. The van der Waals surface area contributed by atoms with E-state index in [2.05, 4.69) is 3.63 Å². The van der Waals surface area contributed by atoms with Crippen LogP contribution in [0.1, 0.15) is 0 Å². The molecule has 0 aliphatic rings. The Morgan fingerprint density at radius 2 is 1.50 bits per heavy atom. The van der Waals surface area contributed by atoms with Crippen LogP contribution < -0.4 is 0 Å². The molecule has 0 saturated heterocycles. The molecule has 43 valence electrons. The van der Waals surface area contributed by atoms with Crippen molar-refractivity contribution in [2.45, 2.75) is 0 Å². The second-order valence-electron chi connectivity index (χ2n) is 0.217. The normalized spacial score (nSPS) is 7.00. The second kappa shape index (κ2) is 9.58. The van der Waals surface area contributed by atoms with E-state index in [9.17, 15) is 0 Å². The third-order valence-corrected chi connectivity index (χ3v) is 0.548. The Hall–Kier alpha value is 1.32. The zero-order valence-electron chi connectivity index (χ0n) is 2.42. The molecule has 0 rings (SSSR count). The van der Waals surface area contributed by atoms with Crippen molar-refractivity contribution in [3.63, 3.8) is 0 Å². The van der Waals surface area contributed by atoms with Gasteiger partial charge in [0, 0.05) is 22.4 Å². The summed E-state index contributed by atoms with van der Waals surface area (Å²) in [4.78, 5) is 0. The van der Waals surface area contributed by atoms with Gasteiger partial charge in [0.05, 0.1) is 0 Å². The van der Waals surface area contributed by atoms with E-state index in [1.807, 2.05) is 0 Å². The van der Waals surface area contributed by atoms with Crippen molar-refractivity contribution in [3.8, 4) is 0 Å². The molecule has 0 spiro atoms. The molecule has 3 nitrogen and oxygen atoms in total. The average molecular weight is 222 g/mol. The van der Waals surface area contributed by atoms with Gasteiger partial charge in [-0.2, -0.15) is 3.63 Å². The van der Waals surface area contributed by atoms with Crippen LogP contribution in [0, 0.1) is 0 Å². The predicted molar refractivity (Wildman–Crippen MR) is 21.5 cm³/mol. The maximum Gasteiger partial charge on any atom is 0.170 e. The summed E-state index contributed by atoms with van der Waals surface area (Å²) in [6.07, 6.45) is 0. The third kappa shape index (κ3) is 9.01. The van der Waals surface area contributed by atoms with Gasteiger partial charge in [0.2, 0.25) is 0 Å². The first-order chi connectivity index (χ1) is 2.41. The van der Waals surface area contributed by atoms with E-state index in [1.165, 1.54) is 0 Å². The quantitative estimate of drug-likeness (QED) is 0.543. The average Bonchev–Trinajstić information content (AvgIpc) is 1.41. The molecule has 0 heterocycles. The maximum atomic E-state index is 7.58. The second-order valence-corrected chi connectivity index (χ2v) is 1.06. The molecule has 0 amide bonds. The summed E-state index contributed by atoms with van der Waals surface area (Å²) in [6.45, 7) is 0. The zero-order chi connectivity index (χ0) is 4.12. The predicted octanol–water partition coefficient (Wildman–Crippen LogP) is 1.24. The minimum atomic E-state index is 0. The largest absolute Gasteiger partial charge is 0.306 e. The minimum absolute atomic E-state index is 0. The monoisotopic (exact) mass is 221 g/mol. The smallest absolute Gasteiger partial charge is 0.170 e. The Morgan fingerprint density at radius 1 is 1.17 bits per heavy atom. The molecule has 6 heteroatoms. The fourth-order valence-corrected chi connectivity index (χ4v) is 0.122. The molecule has 0 unspecified atom stereocenters. The van der Waals surface area contributed by atoms with E-state index >= 15 is 0 Å². The fourth-order valence-electron chi connectivity index (χ4n) is 0.0136. The molecular formula is H2AgO3S2. The molecule has 0 aliphatic heterocycles. The summed E-state index contributed by atoms with van der Waals surface area (Å²) < 4.78 is 18.9. The van der Waals surface area contributed by atoms with Gasteiger partial charge in [-0.25, -0.2) is 0 Å². The molecule has 0 saturated carbocycles. The van der Waals surface area contributed by atoms with Gasteiger partial charge in [0.15, 0.2) is 24.6 Å². The Bertz CT molecular complexity index is 16.3. The van der Waals surface area contributed by atoms with Crippen LogP contribution >= 0.6 is 24.6 Å². The number of rotatable bonds is 2. The Labute approximate surface area is 59.8 Å². The zero-order valence-corrected chi connectivity index (χ0v) is 5.54. The van der Waals surface area contributed by atoms with Gasteiger partial charge in [-0.3, -0.25) is 0 Å². The molecule has 0 aromatic carbocycles. The molecule has 1 radical (unpaired) electrons. The Morgan fingerprint density at radius 3 is 1.50 bits per heavy atom. The third-order valence-electron chi connectivity index (χ3n) is 0.0609. The topological polar surface area (TPSA) is 49.7 Å². The molecule has 2 N–H and O–H groups in total. The van der Waals surface area contributed by atoms with Crippen LogP contribution in [0.15, 0.2) is 0 Å². The minimum Gasteiger partial charge on any atom is -0.306 e. The van der Waals surface area contributed by atoms with Crippen molar-refractivity contribution in [2.24, 2.45) is 0 Å². The van der Waals surface area contributed by atoms with Crippen molar-refractivity contribution in [2.75, 3.05) is 0 Å². The molecule has 0 atom stereocenters. The first-order valence-corrected chi connectivity index (χ1v) is 2.10. The van der Waals surface area contributed by atoms with Crippen LogP contribution in [0.2, 0.25) is 0 Å². The summed E-state index contributed by atoms with van der Waals surface area (Å²) in [7, 11) is 0. The van der Waals surface area contributed by atoms with Crippen molar-refractivity contribution in [1.29, 1.82) is 0 Å². The van der Waals surface area contributed by atoms with Gasteiger partial charge in [0.25, 0.3) is 0 Å². The van der Waals surface area contributed by atoms with Gasteiger partial charge >= 0.3 is 0 Å². The van der Waals surface area contributed by atoms with Crippen LogP contribution in [-0.4, -0.2) is 9.11 Å². The van der Waals surface area contributed by atoms with E-state index < -0.39 is 0 Å². The van der Waals surface area contributed by atoms with Gasteiger partial charge < -0.3 is 9.11 Å². The first-order valence-electron chi connectivity index (χ1n) is 0.698. The summed E-state index contributed by atoms with van der Waals surface area (Å²) in [5.41, 5.74) is 0. The molecular weight excluding hydrogens is 220 g/mol. The van der Waals surface area contributed by atoms with Gasteiger partial charge in [-0.05, 0) is 0 Å². The van der Waals surface area contributed by atoms with Gasteiger partial charge in [0.1, 0.15) is 0 Å². The Balaban J connectivity index is 0. The van der Waals surface area contributed by atoms with E-state index in [0.29, 0.717) is 0 Å². The molecule has 0 fully saturated rings. The van der Waals surface area contributed by atoms with Crippen molar-refractivity contribution in [3.05, 3.63) is 0 Å². The van der Waals surface area contributed by atoms with Crippen molar-refractivity contribution in [1.82, 2.24) is 0 Å². The SMILES string of the molecule is OSOSO.[Ag]. The Kier molecular flexibility index (Phi) is 16.5. The van der Waals surface area contributed by atoms with Gasteiger partial charge in [-0.15, -0.1) is 0 Å². The van der Waals surface area contributed by atoms with E-state index in [4.69, 9.17) is 9.11 Å². The van der Waals surface area contributed by atoms with Crippen LogP contribution in [0.5, 0.6) is 0 Å². The standard InChI is InChI=1S/Ag.H2O3S2/c;1-4-3-5-2/h;1-2H. The van der Waals surface area contributed by atoms with Crippen molar-refractivity contribution < 1.29 is 35.1 Å².